The van der Waals surface area contributed by atoms with Crippen LogP contribution in [-0.4, -0.2) is 56.3 Å². The van der Waals surface area contributed by atoms with Crippen LogP contribution in [0, 0.1) is 0 Å². The van der Waals surface area contributed by atoms with Crippen LogP contribution < -0.4 is 5.32 Å². The molecule has 1 fully saturated rings. The van der Waals surface area contributed by atoms with Crippen molar-refractivity contribution in [3.8, 4) is 0 Å². The summed E-state index contributed by atoms with van der Waals surface area (Å²) in [5.74, 6) is -0.0537. The molecule has 6 nitrogen and oxygen atoms in total. The van der Waals surface area contributed by atoms with E-state index in [1.54, 1.807) is 29.5 Å². The topological polar surface area (TPSA) is 69.7 Å². The van der Waals surface area contributed by atoms with E-state index in [-0.39, 0.29) is 23.4 Å². The van der Waals surface area contributed by atoms with Gasteiger partial charge >= 0.3 is 0 Å². The highest BCUT2D eigenvalue weighted by molar-refractivity contribution is 7.89. The first-order chi connectivity index (χ1) is 12.9. The lowest BCUT2D eigenvalue weighted by Crippen LogP contribution is -2.51. The van der Waals surface area contributed by atoms with Crippen molar-refractivity contribution in [3.05, 3.63) is 51.7 Å². The Kier molecular flexibility index (Phi) is 6.54. The maximum Gasteiger partial charge on any atom is 0.243 e. The maximum atomic E-state index is 12.7. The zero-order valence-electron chi connectivity index (χ0n) is 15.0. The summed E-state index contributed by atoms with van der Waals surface area (Å²) in [7, 11) is -3.56. The number of carbonyl (C=O) groups excluding carboxylic acids is 1. The molecule has 1 N–H and O–H groups in total. The molecule has 0 spiro atoms. The van der Waals surface area contributed by atoms with E-state index in [9.17, 15) is 13.2 Å². The van der Waals surface area contributed by atoms with E-state index < -0.39 is 10.0 Å². The lowest BCUT2D eigenvalue weighted by Gasteiger charge is -2.33. The Morgan fingerprint density at radius 2 is 1.96 bits per heavy atom. The molecule has 1 aliphatic heterocycles. The van der Waals surface area contributed by atoms with Gasteiger partial charge in [-0.3, -0.25) is 9.69 Å². The second kappa shape index (κ2) is 8.70. The van der Waals surface area contributed by atoms with Crippen LogP contribution >= 0.6 is 22.9 Å². The third kappa shape index (κ3) is 5.08. The number of piperazine rings is 1. The quantitative estimate of drug-likeness (QED) is 0.769. The van der Waals surface area contributed by atoms with Gasteiger partial charge in [0.1, 0.15) is 0 Å². The first-order valence-corrected chi connectivity index (χ1v) is 11.4. The van der Waals surface area contributed by atoms with Crippen LogP contribution in [0.5, 0.6) is 0 Å². The molecule has 1 aromatic heterocycles. The second-order valence-corrected chi connectivity index (χ2v) is 9.80. The Bertz CT molecular complexity index is 879. The standard InChI is InChI=1S/C18H22ClN3O3S2/c1-14(17-6-3-11-26-17)20-18(23)13-21-7-9-22(10-8-21)27(24,25)16-5-2-4-15(19)12-16/h2-6,11-12,14H,7-10,13H2,1H3,(H,20,23)/t14-/m0/s1. The number of nitrogens with one attached hydrogen (secondary N) is 1. The monoisotopic (exact) mass is 427 g/mol. The smallest absolute Gasteiger partial charge is 0.243 e. The Balaban J connectivity index is 1.52. The molecule has 1 saturated heterocycles. The fourth-order valence-corrected chi connectivity index (χ4v) is 5.46. The molecule has 146 valence electrons. The number of hydrogen-bond acceptors (Lipinski definition) is 5. The number of halogens is 1. The Labute approximate surface area is 168 Å². The highest BCUT2D eigenvalue weighted by Crippen LogP contribution is 2.21. The van der Waals surface area contributed by atoms with Crippen molar-refractivity contribution >= 4 is 38.9 Å². The lowest BCUT2D eigenvalue weighted by molar-refractivity contribution is -0.123. The summed E-state index contributed by atoms with van der Waals surface area (Å²) in [5, 5.41) is 5.36. The van der Waals surface area contributed by atoms with Gasteiger partial charge in [-0.15, -0.1) is 11.3 Å². The predicted molar refractivity (Wildman–Crippen MR) is 108 cm³/mol. The molecule has 0 aliphatic carbocycles. The Hall–Kier alpha value is -1.45. The number of sulfonamides is 1. The number of amides is 1. The van der Waals surface area contributed by atoms with Gasteiger partial charge in [-0.05, 0) is 36.6 Å². The van der Waals surface area contributed by atoms with Crippen molar-refractivity contribution in [3.63, 3.8) is 0 Å². The van der Waals surface area contributed by atoms with Crippen molar-refractivity contribution in [1.82, 2.24) is 14.5 Å². The van der Waals surface area contributed by atoms with Gasteiger partial charge in [-0.1, -0.05) is 23.7 Å². The molecule has 3 rings (SSSR count). The molecule has 27 heavy (non-hydrogen) atoms. The molecule has 0 unspecified atom stereocenters. The molecule has 1 aromatic carbocycles. The number of rotatable bonds is 6. The van der Waals surface area contributed by atoms with Crippen molar-refractivity contribution in [1.29, 1.82) is 0 Å². The molecule has 1 aliphatic rings. The second-order valence-electron chi connectivity index (χ2n) is 6.44. The lowest BCUT2D eigenvalue weighted by atomic mass is 10.2. The molecule has 2 heterocycles. The molecule has 1 amide bonds. The summed E-state index contributed by atoms with van der Waals surface area (Å²) in [4.78, 5) is 15.5. The maximum absolute atomic E-state index is 12.7. The summed E-state index contributed by atoms with van der Waals surface area (Å²) >= 11 is 7.52. The molecule has 0 radical (unpaired) electrons. The molecule has 0 bridgehead atoms. The van der Waals surface area contributed by atoms with Gasteiger partial charge < -0.3 is 5.32 Å². The minimum Gasteiger partial charge on any atom is -0.348 e. The number of thiophene rings is 1. The van der Waals surface area contributed by atoms with E-state index in [1.807, 2.05) is 29.3 Å². The molecule has 2 aromatic rings. The fourth-order valence-electron chi connectivity index (χ4n) is 3.00. The van der Waals surface area contributed by atoms with E-state index >= 15 is 0 Å². The number of carbonyl (C=O) groups is 1. The first kappa shape index (κ1) is 20.3. The molecule has 0 saturated carbocycles. The van der Waals surface area contributed by atoms with E-state index in [1.165, 1.54) is 10.4 Å². The van der Waals surface area contributed by atoms with Crippen LogP contribution in [0.15, 0.2) is 46.7 Å². The Morgan fingerprint density at radius 1 is 1.22 bits per heavy atom. The van der Waals surface area contributed by atoms with Gasteiger partial charge in [-0.2, -0.15) is 4.31 Å². The van der Waals surface area contributed by atoms with Crippen LogP contribution in [-0.2, 0) is 14.8 Å². The SMILES string of the molecule is C[C@H](NC(=O)CN1CCN(S(=O)(=O)c2cccc(Cl)c2)CC1)c1cccs1. The summed E-state index contributed by atoms with van der Waals surface area (Å²) < 4.78 is 26.9. The highest BCUT2D eigenvalue weighted by atomic mass is 35.5. The largest absolute Gasteiger partial charge is 0.348 e. The van der Waals surface area contributed by atoms with Gasteiger partial charge in [-0.25, -0.2) is 8.42 Å². The summed E-state index contributed by atoms with van der Waals surface area (Å²) in [6.07, 6.45) is 0. The average Bonchev–Trinajstić information content (AvgIpc) is 3.17. The van der Waals surface area contributed by atoms with Crippen molar-refractivity contribution in [2.45, 2.75) is 17.9 Å². The van der Waals surface area contributed by atoms with Gasteiger partial charge in [0, 0.05) is 36.1 Å². The van der Waals surface area contributed by atoms with Crippen molar-refractivity contribution in [2.75, 3.05) is 32.7 Å². The summed E-state index contributed by atoms with van der Waals surface area (Å²) in [6.45, 7) is 3.95. The zero-order valence-corrected chi connectivity index (χ0v) is 17.4. The normalized spacial score (nSPS) is 17.6. The van der Waals surface area contributed by atoms with Crippen LogP contribution in [0.1, 0.15) is 17.8 Å². The number of nitrogens with zero attached hydrogens (tertiary/aromatic N) is 2. The van der Waals surface area contributed by atoms with Gasteiger partial charge in [0.25, 0.3) is 0 Å². The first-order valence-electron chi connectivity index (χ1n) is 8.67. The van der Waals surface area contributed by atoms with Crippen LogP contribution in [0.3, 0.4) is 0 Å². The zero-order chi connectivity index (χ0) is 19.4. The van der Waals surface area contributed by atoms with Gasteiger partial charge in [0.15, 0.2) is 0 Å². The average molecular weight is 428 g/mol. The van der Waals surface area contributed by atoms with Crippen molar-refractivity contribution < 1.29 is 13.2 Å². The third-order valence-corrected chi connectivity index (χ3v) is 7.66. The van der Waals surface area contributed by atoms with Gasteiger partial charge in [0.2, 0.25) is 15.9 Å². The minimum absolute atomic E-state index is 0.0259. The van der Waals surface area contributed by atoms with Crippen molar-refractivity contribution in [2.24, 2.45) is 0 Å². The molecule has 1 atom stereocenters. The summed E-state index contributed by atoms with van der Waals surface area (Å²) in [5.41, 5.74) is 0. The van der Waals surface area contributed by atoms with Gasteiger partial charge in [0.05, 0.1) is 17.5 Å². The fraction of sp³-hybridized carbons (Fsp3) is 0.389. The Morgan fingerprint density at radius 3 is 2.59 bits per heavy atom. The van der Waals surface area contributed by atoms with Crippen LogP contribution in [0.25, 0.3) is 0 Å². The molecular weight excluding hydrogens is 406 g/mol. The highest BCUT2D eigenvalue weighted by Gasteiger charge is 2.29. The van der Waals surface area contributed by atoms with E-state index in [4.69, 9.17) is 11.6 Å². The van der Waals surface area contributed by atoms with Crippen LogP contribution in [0.2, 0.25) is 5.02 Å². The summed E-state index contributed by atoms with van der Waals surface area (Å²) in [6, 6.07) is 10.2. The molecular formula is C18H22ClN3O3S2. The molecule has 9 heteroatoms. The van der Waals surface area contributed by atoms with Crippen LogP contribution in [0.4, 0.5) is 0 Å². The number of hydrogen-bond donors (Lipinski definition) is 1. The van der Waals surface area contributed by atoms with E-state index in [2.05, 4.69) is 5.32 Å². The predicted octanol–water partition coefficient (Wildman–Crippen LogP) is 2.59. The van der Waals surface area contributed by atoms with E-state index in [0.717, 1.165) is 4.88 Å². The minimum atomic E-state index is -3.56. The van der Waals surface area contributed by atoms with E-state index in [0.29, 0.717) is 31.2 Å². The number of benzene rings is 1. The third-order valence-electron chi connectivity index (χ3n) is 4.48.